The Morgan fingerprint density at radius 2 is 1.93 bits per heavy atom. The summed E-state index contributed by atoms with van der Waals surface area (Å²) in [6, 6.07) is 16.2. The second kappa shape index (κ2) is 10.5. The summed E-state index contributed by atoms with van der Waals surface area (Å²) in [5.74, 6) is -0.105. The normalized spacial score (nSPS) is 14.0. The molecule has 0 saturated carbocycles. The first-order valence-electron chi connectivity index (χ1n) is 9.65. The molecule has 1 saturated heterocycles. The summed E-state index contributed by atoms with van der Waals surface area (Å²) < 4.78 is 16.5. The topological polar surface area (TPSA) is 71.8 Å². The Hall–Kier alpha value is -3.21. The summed E-state index contributed by atoms with van der Waals surface area (Å²) in [5, 5.41) is 9.39. The van der Waals surface area contributed by atoms with Gasteiger partial charge in [-0.15, -0.1) is 0 Å². The SMILES string of the molecule is CCOc1cc(C(=S)N2CCOCC2)ccc1OC(=O)/C(C#N)=C/c1ccccc1. The van der Waals surface area contributed by atoms with Crippen molar-refractivity contribution in [3.8, 4) is 17.6 Å². The fourth-order valence-corrected chi connectivity index (χ4v) is 3.26. The van der Waals surface area contributed by atoms with E-state index >= 15 is 0 Å². The third-order valence-electron chi connectivity index (χ3n) is 4.44. The molecule has 1 fully saturated rings. The van der Waals surface area contributed by atoms with Crippen LogP contribution in [-0.2, 0) is 9.53 Å². The average Bonchev–Trinajstić information content (AvgIpc) is 2.79. The summed E-state index contributed by atoms with van der Waals surface area (Å²) in [6.45, 7) is 4.97. The van der Waals surface area contributed by atoms with Gasteiger partial charge < -0.3 is 19.1 Å². The highest BCUT2D eigenvalue weighted by atomic mass is 32.1. The zero-order valence-corrected chi connectivity index (χ0v) is 17.5. The van der Waals surface area contributed by atoms with Gasteiger partial charge in [-0.1, -0.05) is 42.5 Å². The second-order valence-electron chi connectivity index (χ2n) is 6.47. The number of nitrogens with zero attached hydrogens (tertiary/aromatic N) is 2. The lowest BCUT2D eigenvalue weighted by atomic mass is 10.1. The number of morpholine rings is 1. The van der Waals surface area contributed by atoms with Crippen LogP contribution >= 0.6 is 12.2 Å². The molecule has 0 aliphatic carbocycles. The third kappa shape index (κ3) is 5.44. The minimum absolute atomic E-state index is 0.100. The minimum Gasteiger partial charge on any atom is -0.490 e. The average molecular weight is 423 g/mol. The molecule has 154 valence electrons. The number of rotatable bonds is 6. The predicted octanol–water partition coefficient (Wildman–Crippen LogP) is 3.61. The molecule has 7 heteroatoms. The number of esters is 1. The number of hydrogen-bond acceptors (Lipinski definition) is 6. The second-order valence-corrected chi connectivity index (χ2v) is 6.86. The minimum atomic E-state index is -0.745. The summed E-state index contributed by atoms with van der Waals surface area (Å²) in [7, 11) is 0. The first-order valence-corrected chi connectivity index (χ1v) is 10.1. The smallest absolute Gasteiger partial charge is 0.354 e. The van der Waals surface area contributed by atoms with Gasteiger partial charge >= 0.3 is 5.97 Å². The molecule has 0 atom stereocenters. The molecule has 1 aliphatic heterocycles. The van der Waals surface area contributed by atoms with Gasteiger partial charge in [0, 0.05) is 18.7 Å². The molecule has 0 radical (unpaired) electrons. The van der Waals surface area contributed by atoms with Crippen LogP contribution in [0.1, 0.15) is 18.1 Å². The number of hydrogen-bond donors (Lipinski definition) is 0. The Labute approximate surface area is 181 Å². The molecule has 6 nitrogen and oxygen atoms in total. The summed E-state index contributed by atoms with van der Waals surface area (Å²) in [4.78, 5) is 15.3. The van der Waals surface area contributed by atoms with Crippen LogP contribution in [0.2, 0.25) is 0 Å². The number of carbonyl (C=O) groups is 1. The van der Waals surface area contributed by atoms with Crippen molar-refractivity contribution in [2.75, 3.05) is 32.9 Å². The van der Waals surface area contributed by atoms with E-state index < -0.39 is 5.97 Å². The highest BCUT2D eigenvalue weighted by Gasteiger charge is 2.19. The highest BCUT2D eigenvalue weighted by Crippen LogP contribution is 2.30. The van der Waals surface area contributed by atoms with Gasteiger partial charge in [0.1, 0.15) is 16.6 Å². The van der Waals surface area contributed by atoms with Crippen LogP contribution in [0.5, 0.6) is 11.5 Å². The van der Waals surface area contributed by atoms with Crippen LogP contribution in [0.15, 0.2) is 54.1 Å². The van der Waals surface area contributed by atoms with Crippen molar-refractivity contribution in [3.63, 3.8) is 0 Å². The molecule has 2 aromatic carbocycles. The van der Waals surface area contributed by atoms with Crippen LogP contribution in [0.3, 0.4) is 0 Å². The molecule has 0 bridgehead atoms. The molecule has 0 unspecified atom stereocenters. The summed E-state index contributed by atoms with van der Waals surface area (Å²) >= 11 is 5.60. The van der Waals surface area contributed by atoms with E-state index in [4.69, 9.17) is 26.4 Å². The number of ether oxygens (including phenoxy) is 3. The quantitative estimate of drug-likeness (QED) is 0.232. The van der Waals surface area contributed by atoms with Gasteiger partial charge in [0.2, 0.25) is 0 Å². The molecular formula is C23H22N2O4S. The van der Waals surface area contributed by atoms with Crippen LogP contribution in [0.25, 0.3) is 6.08 Å². The molecule has 0 aromatic heterocycles. The van der Waals surface area contributed by atoms with Crippen molar-refractivity contribution < 1.29 is 19.0 Å². The fourth-order valence-electron chi connectivity index (χ4n) is 2.95. The van der Waals surface area contributed by atoms with Gasteiger partial charge in [0.15, 0.2) is 11.5 Å². The number of benzene rings is 2. The van der Waals surface area contributed by atoms with Gasteiger partial charge in [-0.3, -0.25) is 0 Å². The van der Waals surface area contributed by atoms with E-state index in [2.05, 4.69) is 4.90 Å². The van der Waals surface area contributed by atoms with Gasteiger partial charge in [0.25, 0.3) is 0 Å². The molecular weight excluding hydrogens is 400 g/mol. The Balaban J connectivity index is 1.81. The van der Waals surface area contributed by atoms with E-state index in [1.807, 2.05) is 31.2 Å². The van der Waals surface area contributed by atoms with Crippen LogP contribution in [-0.4, -0.2) is 48.8 Å². The highest BCUT2D eigenvalue weighted by molar-refractivity contribution is 7.80. The molecule has 2 aromatic rings. The third-order valence-corrected chi connectivity index (χ3v) is 4.94. The van der Waals surface area contributed by atoms with Crippen molar-refractivity contribution in [2.24, 2.45) is 0 Å². The maximum absolute atomic E-state index is 12.6. The summed E-state index contributed by atoms with van der Waals surface area (Å²) in [6.07, 6.45) is 1.49. The van der Waals surface area contributed by atoms with Crippen molar-refractivity contribution in [3.05, 3.63) is 65.2 Å². The standard InChI is InChI=1S/C23H22N2O4S/c1-2-28-21-15-18(22(30)25-10-12-27-13-11-25)8-9-20(21)29-23(26)19(16-24)14-17-6-4-3-5-7-17/h3-9,14-15H,2,10-13H2,1H3/b19-14+. The first-order chi connectivity index (χ1) is 14.6. The van der Waals surface area contributed by atoms with Crippen LogP contribution in [0, 0.1) is 11.3 Å². The van der Waals surface area contributed by atoms with Crippen LogP contribution in [0.4, 0.5) is 0 Å². The first kappa shape index (κ1) is 21.5. The number of nitriles is 1. The maximum Gasteiger partial charge on any atom is 0.354 e. The molecule has 1 aliphatic rings. The Morgan fingerprint density at radius 3 is 2.60 bits per heavy atom. The molecule has 30 heavy (non-hydrogen) atoms. The zero-order chi connectivity index (χ0) is 21.3. The Bertz CT molecular complexity index is 976. The fraction of sp³-hybridized carbons (Fsp3) is 0.261. The van der Waals surface area contributed by atoms with E-state index in [1.165, 1.54) is 6.08 Å². The van der Waals surface area contributed by atoms with Gasteiger partial charge in [0.05, 0.1) is 19.8 Å². The van der Waals surface area contributed by atoms with Crippen molar-refractivity contribution in [1.82, 2.24) is 4.90 Å². The maximum atomic E-state index is 12.6. The van der Waals surface area contributed by atoms with E-state index in [9.17, 15) is 10.1 Å². The van der Waals surface area contributed by atoms with Gasteiger partial charge in [-0.05, 0) is 36.8 Å². The van der Waals surface area contributed by atoms with Gasteiger partial charge in [-0.2, -0.15) is 5.26 Å². The lowest BCUT2D eigenvalue weighted by Gasteiger charge is -2.29. The molecule has 1 heterocycles. The molecule has 0 N–H and O–H groups in total. The monoisotopic (exact) mass is 422 g/mol. The van der Waals surface area contributed by atoms with Crippen molar-refractivity contribution in [1.29, 1.82) is 5.26 Å². The lowest BCUT2D eigenvalue weighted by Crippen LogP contribution is -2.40. The van der Waals surface area contributed by atoms with Crippen LogP contribution < -0.4 is 9.47 Å². The summed E-state index contributed by atoms with van der Waals surface area (Å²) in [5.41, 5.74) is 1.44. The number of carbonyl (C=O) groups excluding carboxylic acids is 1. The molecule has 0 amide bonds. The van der Waals surface area contributed by atoms with E-state index in [-0.39, 0.29) is 11.3 Å². The Morgan fingerprint density at radius 1 is 1.20 bits per heavy atom. The van der Waals surface area contributed by atoms with Crippen molar-refractivity contribution >= 4 is 29.3 Å². The van der Waals surface area contributed by atoms with Gasteiger partial charge in [-0.25, -0.2) is 4.79 Å². The van der Waals surface area contributed by atoms with E-state index in [1.54, 1.807) is 30.3 Å². The number of thiocarbonyl (C=S) groups is 1. The predicted molar refractivity (Wildman–Crippen MR) is 117 cm³/mol. The molecule has 0 spiro atoms. The lowest BCUT2D eigenvalue weighted by molar-refractivity contribution is -0.129. The molecule has 3 rings (SSSR count). The Kier molecular flexibility index (Phi) is 7.55. The van der Waals surface area contributed by atoms with E-state index in [0.717, 1.165) is 24.2 Å². The zero-order valence-electron chi connectivity index (χ0n) is 16.7. The largest absolute Gasteiger partial charge is 0.490 e. The van der Waals surface area contributed by atoms with Crippen molar-refractivity contribution in [2.45, 2.75) is 6.92 Å². The van der Waals surface area contributed by atoms with E-state index in [0.29, 0.717) is 30.6 Å².